The number of pyridine rings is 1. The van der Waals surface area contributed by atoms with E-state index in [1.165, 1.54) is 38.5 Å². The van der Waals surface area contributed by atoms with Crippen molar-refractivity contribution in [2.75, 3.05) is 0 Å². The number of aromatic nitrogens is 1. The molecule has 0 aliphatic heterocycles. The van der Waals surface area contributed by atoms with Gasteiger partial charge >= 0.3 is 0 Å². The van der Waals surface area contributed by atoms with E-state index in [0.29, 0.717) is 0 Å². The van der Waals surface area contributed by atoms with E-state index in [0.717, 1.165) is 27.5 Å². The Labute approximate surface area is 136 Å². The van der Waals surface area contributed by atoms with Gasteiger partial charge in [0, 0.05) is 15.9 Å². The fourth-order valence-electron chi connectivity index (χ4n) is 2.65. The highest BCUT2D eigenvalue weighted by Gasteiger charge is 2.12. The van der Waals surface area contributed by atoms with Gasteiger partial charge in [-0.2, -0.15) is 0 Å². The van der Waals surface area contributed by atoms with Gasteiger partial charge in [0.05, 0.1) is 11.2 Å². The Morgan fingerprint density at radius 2 is 1.81 bits per heavy atom. The molecule has 2 nitrogen and oxygen atoms in total. The maximum atomic E-state index is 6.34. The minimum Gasteiger partial charge on any atom is -0.323 e. The van der Waals surface area contributed by atoms with Crippen LogP contribution in [0.3, 0.4) is 0 Å². The first-order chi connectivity index (χ1) is 10.2. The molecule has 1 aromatic carbocycles. The predicted octanol–water partition coefficient (Wildman–Crippen LogP) is 5.75. The fourth-order valence-corrected chi connectivity index (χ4v) is 3.28. The Hall–Kier alpha value is -0.930. The van der Waals surface area contributed by atoms with Crippen LogP contribution in [0.2, 0.25) is 0 Å². The number of para-hydroxylation sites is 1. The zero-order valence-corrected chi connectivity index (χ0v) is 14.4. The van der Waals surface area contributed by atoms with Gasteiger partial charge < -0.3 is 5.73 Å². The molecule has 0 saturated carbocycles. The second-order valence-corrected chi connectivity index (χ2v) is 6.57. The van der Waals surface area contributed by atoms with Crippen molar-refractivity contribution in [2.45, 2.75) is 57.9 Å². The highest BCUT2D eigenvalue weighted by Crippen LogP contribution is 2.27. The SMILES string of the molecule is CCCCCCCCC(N)c1nc2ccccc2cc1Br. The summed E-state index contributed by atoms with van der Waals surface area (Å²) in [4.78, 5) is 4.73. The van der Waals surface area contributed by atoms with E-state index in [1.807, 2.05) is 18.2 Å². The lowest BCUT2D eigenvalue weighted by molar-refractivity contribution is 0.540. The Bertz CT molecular complexity index is 568. The van der Waals surface area contributed by atoms with Crippen LogP contribution in [0.25, 0.3) is 10.9 Å². The van der Waals surface area contributed by atoms with Gasteiger partial charge in [0.25, 0.3) is 0 Å². The third-order valence-corrected chi connectivity index (χ3v) is 4.56. The summed E-state index contributed by atoms with van der Waals surface area (Å²) < 4.78 is 1.03. The lowest BCUT2D eigenvalue weighted by Gasteiger charge is -2.14. The first-order valence-corrected chi connectivity index (χ1v) is 8.82. The number of hydrogen-bond acceptors (Lipinski definition) is 2. The molecule has 1 unspecified atom stereocenters. The van der Waals surface area contributed by atoms with Gasteiger partial charge in [0.2, 0.25) is 0 Å². The average Bonchev–Trinajstić information content (AvgIpc) is 2.49. The number of unbranched alkanes of at least 4 members (excludes halogenated alkanes) is 5. The summed E-state index contributed by atoms with van der Waals surface area (Å²) >= 11 is 3.62. The second kappa shape index (κ2) is 8.50. The maximum absolute atomic E-state index is 6.34. The zero-order chi connectivity index (χ0) is 15.1. The molecule has 1 aromatic heterocycles. The molecular formula is C18H25BrN2. The zero-order valence-electron chi connectivity index (χ0n) is 12.8. The van der Waals surface area contributed by atoms with E-state index < -0.39 is 0 Å². The van der Waals surface area contributed by atoms with Gasteiger partial charge in [-0.25, -0.2) is 4.98 Å². The summed E-state index contributed by atoms with van der Waals surface area (Å²) in [6.45, 7) is 2.25. The minimum atomic E-state index is 0.0233. The number of nitrogens with zero attached hydrogens (tertiary/aromatic N) is 1. The van der Waals surface area contributed by atoms with Crippen molar-refractivity contribution >= 4 is 26.8 Å². The van der Waals surface area contributed by atoms with Crippen LogP contribution in [-0.4, -0.2) is 4.98 Å². The Kier molecular flexibility index (Phi) is 6.65. The van der Waals surface area contributed by atoms with Gasteiger partial charge in [-0.3, -0.25) is 0 Å². The third kappa shape index (κ3) is 4.79. The van der Waals surface area contributed by atoms with Crippen molar-refractivity contribution in [3.63, 3.8) is 0 Å². The quantitative estimate of drug-likeness (QED) is 0.617. The summed E-state index contributed by atoms with van der Waals surface area (Å²) in [5.74, 6) is 0. The minimum absolute atomic E-state index is 0.0233. The summed E-state index contributed by atoms with van der Waals surface area (Å²) in [7, 11) is 0. The van der Waals surface area contributed by atoms with Crippen LogP contribution in [-0.2, 0) is 0 Å². The van der Waals surface area contributed by atoms with Crippen LogP contribution < -0.4 is 5.73 Å². The summed E-state index contributed by atoms with van der Waals surface area (Å²) in [5.41, 5.74) is 8.35. The molecule has 114 valence electrons. The fraction of sp³-hybridized carbons (Fsp3) is 0.500. The largest absolute Gasteiger partial charge is 0.323 e. The second-order valence-electron chi connectivity index (χ2n) is 5.71. The molecule has 0 bridgehead atoms. The van der Waals surface area contributed by atoms with Gasteiger partial charge in [0.1, 0.15) is 0 Å². The van der Waals surface area contributed by atoms with Crippen LogP contribution in [0.1, 0.15) is 63.6 Å². The van der Waals surface area contributed by atoms with Crippen molar-refractivity contribution in [2.24, 2.45) is 5.73 Å². The van der Waals surface area contributed by atoms with E-state index in [1.54, 1.807) is 0 Å². The molecule has 21 heavy (non-hydrogen) atoms. The molecule has 0 radical (unpaired) electrons. The number of benzene rings is 1. The van der Waals surface area contributed by atoms with Crippen molar-refractivity contribution in [3.8, 4) is 0 Å². The number of fused-ring (bicyclic) bond motifs is 1. The molecule has 2 N–H and O–H groups in total. The smallest absolute Gasteiger partial charge is 0.0720 e. The normalized spacial score (nSPS) is 12.7. The van der Waals surface area contributed by atoms with Gasteiger partial charge in [-0.15, -0.1) is 0 Å². The average molecular weight is 349 g/mol. The van der Waals surface area contributed by atoms with Gasteiger partial charge in [-0.1, -0.05) is 63.6 Å². The molecule has 0 aliphatic carbocycles. The maximum Gasteiger partial charge on any atom is 0.0720 e. The van der Waals surface area contributed by atoms with E-state index in [2.05, 4.69) is 35.0 Å². The van der Waals surface area contributed by atoms with E-state index >= 15 is 0 Å². The first kappa shape index (κ1) is 16.4. The van der Waals surface area contributed by atoms with E-state index in [-0.39, 0.29) is 6.04 Å². The van der Waals surface area contributed by atoms with Crippen LogP contribution in [0.15, 0.2) is 34.8 Å². The summed E-state index contributed by atoms with van der Waals surface area (Å²) in [6.07, 6.45) is 8.80. The van der Waals surface area contributed by atoms with Crippen molar-refractivity contribution in [1.82, 2.24) is 4.98 Å². The molecule has 3 heteroatoms. The molecule has 0 saturated heterocycles. The number of halogens is 1. The van der Waals surface area contributed by atoms with Crippen molar-refractivity contribution in [1.29, 1.82) is 0 Å². The lowest BCUT2D eigenvalue weighted by atomic mass is 10.0. The Morgan fingerprint density at radius 3 is 2.62 bits per heavy atom. The number of rotatable bonds is 8. The summed E-state index contributed by atoms with van der Waals surface area (Å²) in [5, 5.41) is 1.15. The van der Waals surface area contributed by atoms with Crippen molar-refractivity contribution in [3.05, 3.63) is 40.5 Å². The van der Waals surface area contributed by atoms with Crippen molar-refractivity contribution < 1.29 is 0 Å². The predicted molar refractivity (Wildman–Crippen MR) is 94.4 cm³/mol. The van der Waals surface area contributed by atoms with Gasteiger partial charge in [0.15, 0.2) is 0 Å². The first-order valence-electron chi connectivity index (χ1n) is 8.03. The third-order valence-electron chi connectivity index (χ3n) is 3.92. The van der Waals surface area contributed by atoms with Crippen LogP contribution in [0.4, 0.5) is 0 Å². The van der Waals surface area contributed by atoms with E-state index in [4.69, 9.17) is 10.7 Å². The molecule has 0 spiro atoms. The summed E-state index contributed by atoms with van der Waals surface area (Å²) in [6, 6.07) is 10.3. The number of nitrogens with two attached hydrogens (primary N) is 1. The Balaban J connectivity index is 1.92. The molecule has 1 heterocycles. The van der Waals surface area contributed by atoms with Gasteiger partial charge in [-0.05, 0) is 34.5 Å². The standard InChI is InChI=1S/C18H25BrN2/c1-2-3-4-5-6-7-11-16(20)18-15(19)13-14-10-8-9-12-17(14)21-18/h8-10,12-13,16H,2-7,11,20H2,1H3. The molecule has 0 amide bonds. The monoisotopic (exact) mass is 348 g/mol. The molecule has 2 aromatic rings. The van der Waals surface area contributed by atoms with Crippen LogP contribution in [0.5, 0.6) is 0 Å². The van der Waals surface area contributed by atoms with Crippen LogP contribution >= 0.6 is 15.9 Å². The molecule has 0 aliphatic rings. The highest BCUT2D eigenvalue weighted by atomic mass is 79.9. The topological polar surface area (TPSA) is 38.9 Å². The lowest BCUT2D eigenvalue weighted by Crippen LogP contribution is -2.13. The number of hydrogen-bond donors (Lipinski definition) is 1. The molecular weight excluding hydrogens is 324 g/mol. The molecule has 0 fully saturated rings. The molecule has 1 atom stereocenters. The highest BCUT2D eigenvalue weighted by molar-refractivity contribution is 9.10. The van der Waals surface area contributed by atoms with Crippen LogP contribution in [0, 0.1) is 0 Å². The molecule has 2 rings (SSSR count). The Morgan fingerprint density at radius 1 is 1.10 bits per heavy atom. The van der Waals surface area contributed by atoms with E-state index in [9.17, 15) is 0 Å².